The number of aryl methyl sites for hydroxylation is 1. The molecule has 5 nitrogen and oxygen atoms in total. The van der Waals surface area contributed by atoms with Crippen molar-refractivity contribution in [2.24, 2.45) is 7.05 Å². The van der Waals surface area contributed by atoms with Gasteiger partial charge in [-0.1, -0.05) is 0 Å². The van der Waals surface area contributed by atoms with Crippen molar-refractivity contribution in [3.63, 3.8) is 0 Å². The Morgan fingerprint density at radius 3 is 3.00 bits per heavy atom. The van der Waals surface area contributed by atoms with E-state index in [0.717, 1.165) is 5.52 Å². The quantitative estimate of drug-likeness (QED) is 0.742. The molecule has 0 aliphatic rings. The van der Waals surface area contributed by atoms with E-state index in [4.69, 9.17) is 5.11 Å². The number of carboxylic acids is 1. The zero-order valence-electron chi connectivity index (χ0n) is 10.0. The molecule has 2 heterocycles. The molecule has 0 saturated carbocycles. The lowest BCUT2D eigenvalue weighted by Crippen LogP contribution is -1.96. The molecule has 2 N–H and O–H groups in total. The minimum atomic E-state index is -1.07. The fraction of sp³-hybridized carbons (Fsp3) is 0.0769. The Hall–Kier alpha value is -2.63. The molecule has 0 unspecified atom stereocenters. The number of hydrogen-bond donors (Lipinski definition) is 2. The number of H-pyrrole nitrogens is 1. The van der Waals surface area contributed by atoms with Gasteiger partial charge in [-0.2, -0.15) is 5.10 Å². The Labute approximate surface area is 107 Å². The second kappa shape index (κ2) is 3.94. The molecule has 1 aromatic carbocycles. The third kappa shape index (κ3) is 1.69. The topological polar surface area (TPSA) is 70.9 Å². The fourth-order valence-corrected chi connectivity index (χ4v) is 2.22. The lowest BCUT2D eigenvalue weighted by molar-refractivity contribution is 0.0698. The zero-order valence-corrected chi connectivity index (χ0v) is 10.0. The second-order valence-corrected chi connectivity index (χ2v) is 4.28. The molecule has 0 aliphatic carbocycles. The van der Waals surface area contributed by atoms with Gasteiger partial charge in [-0.15, -0.1) is 0 Å². The van der Waals surface area contributed by atoms with E-state index in [-0.39, 0.29) is 11.4 Å². The van der Waals surface area contributed by atoms with Gasteiger partial charge in [-0.25, -0.2) is 9.18 Å². The van der Waals surface area contributed by atoms with Gasteiger partial charge < -0.3 is 9.67 Å². The second-order valence-electron chi connectivity index (χ2n) is 4.28. The van der Waals surface area contributed by atoms with Crippen molar-refractivity contribution in [2.45, 2.75) is 0 Å². The zero-order chi connectivity index (χ0) is 13.6. The fourth-order valence-electron chi connectivity index (χ4n) is 2.22. The van der Waals surface area contributed by atoms with Gasteiger partial charge in [0.25, 0.3) is 0 Å². The van der Waals surface area contributed by atoms with E-state index in [1.165, 1.54) is 18.3 Å². The van der Waals surface area contributed by atoms with Crippen LogP contribution in [-0.4, -0.2) is 25.8 Å². The minimum Gasteiger partial charge on any atom is -0.478 e. The Balaban J connectivity index is 2.33. The Bertz CT molecular complexity index is 788. The van der Waals surface area contributed by atoms with Gasteiger partial charge in [0.2, 0.25) is 0 Å². The van der Waals surface area contributed by atoms with Crippen LogP contribution in [-0.2, 0) is 7.05 Å². The minimum absolute atomic E-state index is 0.0664. The predicted molar refractivity (Wildman–Crippen MR) is 67.4 cm³/mol. The molecule has 0 atom stereocenters. The van der Waals surface area contributed by atoms with Gasteiger partial charge in [0.05, 0.1) is 11.9 Å². The summed E-state index contributed by atoms with van der Waals surface area (Å²) in [6.45, 7) is 0. The van der Waals surface area contributed by atoms with Crippen LogP contribution in [0.4, 0.5) is 4.39 Å². The summed E-state index contributed by atoms with van der Waals surface area (Å²) in [4.78, 5) is 11.1. The van der Waals surface area contributed by atoms with Crippen LogP contribution in [0, 0.1) is 5.82 Å². The van der Waals surface area contributed by atoms with Crippen LogP contribution in [0.5, 0.6) is 0 Å². The van der Waals surface area contributed by atoms with Crippen LogP contribution >= 0.6 is 0 Å². The number of aromatic carboxylic acids is 1. The summed E-state index contributed by atoms with van der Waals surface area (Å²) in [6, 6.07) is 4.42. The molecule has 0 aliphatic heterocycles. The molecule has 0 saturated heterocycles. The summed E-state index contributed by atoms with van der Waals surface area (Å²) in [5.41, 5.74) is 1.88. The van der Waals surface area contributed by atoms with Gasteiger partial charge in [0, 0.05) is 29.7 Å². The van der Waals surface area contributed by atoms with E-state index in [0.29, 0.717) is 16.6 Å². The first-order chi connectivity index (χ1) is 9.08. The Kier molecular flexibility index (Phi) is 2.38. The number of hydrogen-bond acceptors (Lipinski definition) is 2. The summed E-state index contributed by atoms with van der Waals surface area (Å²) in [5.74, 6) is -1.44. The molecular formula is C13H10FN3O2. The van der Waals surface area contributed by atoms with E-state index >= 15 is 0 Å². The van der Waals surface area contributed by atoms with Crippen molar-refractivity contribution in [3.05, 3.63) is 42.0 Å². The normalized spacial score (nSPS) is 11.1. The molecule has 19 heavy (non-hydrogen) atoms. The number of benzene rings is 1. The Morgan fingerprint density at radius 2 is 2.26 bits per heavy atom. The maximum Gasteiger partial charge on any atom is 0.339 e. The number of carbonyl (C=O) groups is 1. The van der Waals surface area contributed by atoms with E-state index in [1.54, 1.807) is 12.3 Å². The number of fused-ring (bicyclic) bond motifs is 1. The monoisotopic (exact) mass is 259 g/mol. The molecule has 3 rings (SSSR count). The van der Waals surface area contributed by atoms with Crippen LogP contribution in [0.15, 0.2) is 30.6 Å². The lowest BCUT2D eigenvalue weighted by Gasteiger charge is -1.98. The molecule has 6 heteroatoms. The number of rotatable bonds is 2. The first kappa shape index (κ1) is 11.5. The molecule has 96 valence electrons. The summed E-state index contributed by atoms with van der Waals surface area (Å²) < 4.78 is 15.2. The van der Waals surface area contributed by atoms with Gasteiger partial charge in [0.15, 0.2) is 0 Å². The average Bonchev–Trinajstić information content (AvgIpc) is 2.94. The smallest absolute Gasteiger partial charge is 0.339 e. The number of aromatic amines is 1. The van der Waals surface area contributed by atoms with Crippen molar-refractivity contribution in [1.29, 1.82) is 0 Å². The third-order valence-corrected chi connectivity index (χ3v) is 3.09. The highest BCUT2D eigenvalue weighted by molar-refractivity contribution is 6.02. The van der Waals surface area contributed by atoms with Crippen molar-refractivity contribution < 1.29 is 14.3 Å². The maximum absolute atomic E-state index is 13.4. The van der Waals surface area contributed by atoms with Gasteiger partial charge in [0.1, 0.15) is 11.4 Å². The highest BCUT2D eigenvalue weighted by atomic mass is 19.1. The predicted octanol–water partition coefficient (Wildman–Crippen LogP) is 2.41. The van der Waals surface area contributed by atoms with E-state index < -0.39 is 5.97 Å². The highest BCUT2D eigenvalue weighted by Crippen LogP contribution is 2.31. The average molecular weight is 259 g/mol. The van der Waals surface area contributed by atoms with Crippen LogP contribution in [0.2, 0.25) is 0 Å². The van der Waals surface area contributed by atoms with Crippen molar-refractivity contribution in [3.8, 4) is 11.3 Å². The van der Waals surface area contributed by atoms with Crippen molar-refractivity contribution >= 4 is 16.9 Å². The molecule has 0 radical (unpaired) electrons. The first-order valence-corrected chi connectivity index (χ1v) is 5.59. The molecular weight excluding hydrogens is 249 g/mol. The molecule has 0 fully saturated rings. The highest BCUT2D eigenvalue weighted by Gasteiger charge is 2.18. The third-order valence-electron chi connectivity index (χ3n) is 3.09. The lowest BCUT2D eigenvalue weighted by atomic mass is 10.1. The molecule has 0 bridgehead atoms. The first-order valence-electron chi connectivity index (χ1n) is 5.59. The SMILES string of the molecule is Cn1cc(-c2[nH]ncc2C(=O)O)c2cc(F)ccc21. The van der Waals surface area contributed by atoms with Crippen LogP contribution in [0.25, 0.3) is 22.2 Å². The van der Waals surface area contributed by atoms with Crippen molar-refractivity contribution in [2.75, 3.05) is 0 Å². The molecule has 0 spiro atoms. The van der Waals surface area contributed by atoms with Crippen LogP contribution in [0.1, 0.15) is 10.4 Å². The van der Waals surface area contributed by atoms with Crippen molar-refractivity contribution in [1.82, 2.24) is 14.8 Å². The number of nitrogens with one attached hydrogen (secondary N) is 1. The number of nitrogens with zero attached hydrogens (tertiary/aromatic N) is 2. The molecule has 0 amide bonds. The maximum atomic E-state index is 13.4. The van der Waals surface area contributed by atoms with Crippen LogP contribution in [0.3, 0.4) is 0 Å². The number of halogens is 1. The standard InChI is InChI=1S/C13H10FN3O2/c1-17-6-10(8-4-7(14)2-3-11(8)17)12-9(13(18)19)5-15-16-12/h2-6H,1H3,(H,15,16)(H,18,19). The Morgan fingerprint density at radius 1 is 1.47 bits per heavy atom. The summed E-state index contributed by atoms with van der Waals surface area (Å²) in [5, 5.41) is 16.2. The van der Waals surface area contributed by atoms with Gasteiger partial charge in [-0.05, 0) is 18.2 Å². The van der Waals surface area contributed by atoms with E-state index in [1.807, 2.05) is 11.6 Å². The molecule has 3 aromatic rings. The largest absolute Gasteiger partial charge is 0.478 e. The van der Waals surface area contributed by atoms with E-state index in [2.05, 4.69) is 10.2 Å². The van der Waals surface area contributed by atoms with Gasteiger partial charge >= 0.3 is 5.97 Å². The summed E-state index contributed by atoms with van der Waals surface area (Å²) in [6.07, 6.45) is 3.00. The van der Waals surface area contributed by atoms with Crippen LogP contribution < -0.4 is 0 Å². The molecule has 2 aromatic heterocycles. The summed E-state index contributed by atoms with van der Waals surface area (Å²) in [7, 11) is 1.82. The van der Waals surface area contributed by atoms with E-state index in [9.17, 15) is 9.18 Å². The number of aromatic nitrogens is 3. The van der Waals surface area contributed by atoms with Gasteiger partial charge in [-0.3, -0.25) is 5.10 Å². The summed E-state index contributed by atoms with van der Waals surface area (Å²) >= 11 is 0. The number of carboxylic acid groups (broad SMARTS) is 1.